The molecule has 0 atom stereocenters. The Kier molecular flexibility index (Phi) is 4.46. The predicted octanol–water partition coefficient (Wildman–Crippen LogP) is 2.91. The Labute approximate surface area is 99.1 Å². The molecule has 0 aliphatic rings. The van der Waals surface area contributed by atoms with E-state index in [0.717, 1.165) is 5.57 Å². The van der Waals surface area contributed by atoms with E-state index in [1.165, 1.54) is 6.07 Å². The van der Waals surface area contributed by atoms with E-state index >= 15 is 0 Å². The van der Waals surface area contributed by atoms with Crippen molar-refractivity contribution in [2.75, 3.05) is 6.54 Å². The molecular weight excluding hydrogens is 228 g/mol. The van der Waals surface area contributed by atoms with E-state index < -0.39 is 4.92 Å². The molecule has 0 fully saturated rings. The fraction of sp³-hybridized carbons (Fsp3) is 0.273. The van der Waals surface area contributed by atoms with Gasteiger partial charge in [-0.3, -0.25) is 10.1 Å². The Morgan fingerprint density at radius 1 is 1.62 bits per heavy atom. The topological polar surface area (TPSA) is 55.2 Å². The minimum Gasteiger partial charge on any atom is -0.309 e. The van der Waals surface area contributed by atoms with Gasteiger partial charge in [0.15, 0.2) is 0 Å². The Balaban J connectivity index is 2.84. The average molecular weight is 241 g/mol. The highest BCUT2D eigenvalue weighted by atomic mass is 35.5. The van der Waals surface area contributed by atoms with Crippen molar-refractivity contribution < 1.29 is 4.92 Å². The van der Waals surface area contributed by atoms with Crippen LogP contribution in [0.15, 0.2) is 30.4 Å². The molecule has 5 heteroatoms. The highest BCUT2D eigenvalue weighted by Crippen LogP contribution is 2.25. The Hall–Kier alpha value is -1.39. The number of rotatable bonds is 5. The van der Waals surface area contributed by atoms with Crippen LogP contribution in [0.4, 0.5) is 5.69 Å². The minimum atomic E-state index is -0.427. The molecule has 0 amide bonds. The van der Waals surface area contributed by atoms with Crippen molar-refractivity contribution in [3.05, 3.63) is 51.1 Å². The summed E-state index contributed by atoms with van der Waals surface area (Å²) in [5.41, 5.74) is 1.52. The maximum Gasteiger partial charge on any atom is 0.275 e. The van der Waals surface area contributed by atoms with Crippen LogP contribution in [-0.2, 0) is 6.54 Å². The molecule has 16 heavy (non-hydrogen) atoms. The summed E-state index contributed by atoms with van der Waals surface area (Å²) in [6.07, 6.45) is 0. The van der Waals surface area contributed by atoms with Crippen molar-refractivity contribution in [3.63, 3.8) is 0 Å². The lowest BCUT2D eigenvalue weighted by Gasteiger charge is -2.07. The molecule has 0 spiro atoms. The fourth-order valence-electron chi connectivity index (χ4n) is 1.29. The molecule has 0 bridgehead atoms. The number of halogens is 1. The maximum atomic E-state index is 10.8. The van der Waals surface area contributed by atoms with Crippen LogP contribution in [0, 0.1) is 10.1 Å². The zero-order valence-corrected chi connectivity index (χ0v) is 9.75. The number of benzene rings is 1. The van der Waals surface area contributed by atoms with Gasteiger partial charge in [-0.05, 0) is 13.0 Å². The van der Waals surface area contributed by atoms with Crippen molar-refractivity contribution in [1.29, 1.82) is 0 Å². The molecule has 0 aliphatic heterocycles. The third-order valence-corrected chi connectivity index (χ3v) is 2.37. The van der Waals surface area contributed by atoms with Gasteiger partial charge in [-0.25, -0.2) is 0 Å². The summed E-state index contributed by atoms with van der Waals surface area (Å²) >= 11 is 5.92. The molecule has 0 aromatic heterocycles. The molecule has 1 N–H and O–H groups in total. The molecule has 0 aliphatic carbocycles. The summed E-state index contributed by atoms with van der Waals surface area (Å²) < 4.78 is 0. The molecule has 0 saturated heterocycles. The summed E-state index contributed by atoms with van der Waals surface area (Å²) in [6, 6.07) is 4.67. The molecule has 4 nitrogen and oxygen atoms in total. The maximum absolute atomic E-state index is 10.8. The number of nitro benzene ring substituents is 1. The fourth-order valence-corrected chi connectivity index (χ4v) is 1.53. The van der Waals surface area contributed by atoms with Crippen LogP contribution in [0.5, 0.6) is 0 Å². The molecule has 0 saturated carbocycles. The molecule has 1 aromatic carbocycles. The largest absolute Gasteiger partial charge is 0.309 e. The van der Waals surface area contributed by atoms with Crippen molar-refractivity contribution in [1.82, 2.24) is 5.32 Å². The van der Waals surface area contributed by atoms with Gasteiger partial charge in [0, 0.05) is 19.2 Å². The van der Waals surface area contributed by atoms with Crippen LogP contribution < -0.4 is 5.32 Å². The van der Waals surface area contributed by atoms with Crippen LogP contribution in [0.1, 0.15) is 12.5 Å². The van der Waals surface area contributed by atoms with Crippen LogP contribution in [0.2, 0.25) is 5.02 Å². The first-order valence-electron chi connectivity index (χ1n) is 4.79. The SMILES string of the molecule is C=C(C)CNCc1c(Cl)cccc1[N+](=O)[O-]. The van der Waals surface area contributed by atoms with Gasteiger partial charge in [0.2, 0.25) is 0 Å². The van der Waals surface area contributed by atoms with E-state index in [0.29, 0.717) is 23.7 Å². The molecule has 1 aromatic rings. The van der Waals surface area contributed by atoms with Crippen molar-refractivity contribution >= 4 is 17.3 Å². The van der Waals surface area contributed by atoms with Gasteiger partial charge in [-0.1, -0.05) is 29.8 Å². The van der Waals surface area contributed by atoms with Crippen LogP contribution in [-0.4, -0.2) is 11.5 Å². The van der Waals surface area contributed by atoms with Crippen molar-refractivity contribution in [2.24, 2.45) is 0 Å². The van der Waals surface area contributed by atoms with Crippen molar-refractivity contribution in [3.8, 4) is 0 Å². The van der Waals surface area contributed by atoms with Crippen LogP contribution in [0.3, 0.4) is 0 Å². The summed E-state index contributed by atoms with van der Waals surface area (Å²) in [7, 11) is 0. The standard InChI is InChI=1S/C11H13ClN2O2/c1-8(2)6-13-7-9-10(12)4-3-5-11(9)14(15)16/h3-5,13H,1,6-7H2,2H3. The van der Waals surface area contributed by atoms with E-state index in [4.69, 9.17) is 11.6 Å². The van der Waals surface area contributed by atoms with Crippen LogP contribution in [0.25, 0.3) is 0 Å². The van der Waals surface area contributed by atoms with Gasteiger partial charge in [-0.15, -0.1) is 0 Å². The second-order valence-corrected chi connectivity index (χ2v) is 3.96. The lowest BCUT2D eigenvalue weighted by atomic mass is 10.1. The Morgan fingerprint density at radius 3 is 2.88 bits per heavy atom. The summed E-state index contributed by atoms with van der Waals surface area (Å²) in [6.45, 7) is 6.60. The normalized spacial score (nSPS) is 10.1. The van der Waals surface area contributed by atoms with Crippen molar-refractivity contribution in [2.45, 2.75) is 13.5 Å². The number of hydrogen-bond donors (Lipinski definition) is 1. The van der Waals surface area contributed by atoms with Gasteiger partial charge >= 0.3 is 0 Å². The van der Waals surface area contributed by atoms with E-state index in [2.05, 4.69) is 11.9 Å². The Morgan fingerprint density at radius 2 is 2.31 bits per heavy atom. The first kappa shape index (κ1) is 12.7. The minimum absolute atomic E-state index is 0.0433. The summed E-state index contributed by atoms with van der Waals surface area (Å²) in [5.74, 6) is 0. The first-order valence-corrected chi connectivity index (χ1v) is 5.17. The van der Waals surface area contributed by atoms with E-state index in [1.54, 1.807) is 12.1 Å². The Bertz CT molecular complexity index is 418. The van der Waals surface area contributed by atoms with Crippen LogP contribution >= 0.6 is 11.6 Å². The first-order chi connectivity index (χ1) is 7.52. The predicted molar refractivity (Wildman–Crippen MR) is 64.6 cm³/mol. The van der Waals surface area contributed by atoms with E-state index in [1.807, 2.05) is 6.92 Å². The number of nitrogens with zero attached hydrogens (tertiary/aromatic N) is 1. The zero-order chi connectivity index (χ0) is 12.1. The highest BCUT2D eigenvalue weighted by molar-refractivity contribution is 6.31. The third-order valence-electron chi connectivity index (χ3n) is 2.02. The smallest absolute Gasteiger partial charge is 0.275 e. The zero-order valence-electron chi connectivity index (χ0n) is 9.00. The van der Waals surface area contributed by atoms with Gasteiger partial charge in [0.05, 0.1) is 15.5 Å². The number of nitrogens with one attached hydrogen (secondary N) is 1. The molecule has 0 heterocycles. The molecule has 0 radical (unpaired) electrons. The summed E-state index contributed by atoms with van der Waals surface area (Å²) in [4.78, 5) is 10.3. The average Bonchev–Trinajstić information content (AvgIpc) is 2.19. The van der Waals surface area contributed by atoms with Gasteiger partial charge in [0.25, 0.3) is 5.69 Å². The summed E-state index contributed by atoms with van der Waals surface area (Å²) in [5, 5.41) is 14.2. The van der Waals surface area contributed by atoms with E-state index in [9.17, 15) is 10.1 Å². The lowest BCUT2D eigenvalue weighted by Crippen LogP contribution is -2.16. The third kappa shape index (κ3) is 3.32. The molecule has 86 valence electrons. The number of nitro groups is 1. The van der Waals surface area contributed by atoms with Gasteiger partial charge < -0.3 is 5.32 Å². The molecule has 0 unspecified atom stereocenters. The molecule has 1 rings (SSSR count). The monoisotopic (exact) mass is 240 g/mol. The molecular formula is C11H13ClN2O2. The second-order valence-electron chi connectivity index (χ2n) is 3.56. The second kappa shape index (κ2) is 5.63. The van der Waals surface area contributed by atoms with E-state index in [-0.39, 0.29) is 5.69 Å². The van der Waals surface area contributed by atoms with Gasteiger partial charge in [-0.2, -0.15) is 0 Å². The number of hydrogen-bond acceptors (Lipinski definition) is 3. The highest BCUT2D eigenvalue weighted by Gasteiger charge is 2.15. The van der Waals surface area contributed by atoms with Gasteiger partial charge in [0.1, 0.15) is 0 Å². The quantitative estimate of drug-likeness (QED) is 0.489. The lowest BCUT2D eigenvalue weighted by molar-refractivity contribution is -0.385.